The Hall–Kier alpha value is -1.09. The zero-order valence-electron chi connectivity index (χ0n) is 8.81. The third kappa shape index (κ3) is 2.12. The van der Waals surface area contributed by atoms with Crippen LogP contribution in [0.3, 0.4) is 0 Å². The highest BCUT2D eigenvalue weighted by Crippen LogP contribution is 2.23. The van der Waals surface area contributed by atoms with E-state index in [-0.39, 0.29) is 0 Å². The second-order valence-electron chi connectivity index (χ2n) is 3.79. The molecule has 0 saturated heterocycles. The highest BCUT2D eigenvalue weighted by molar-refractivity contribution is 9.10. The average molecular weight is 265 g/mol. The van der Waals surface area contributed by atoms with Gasteiger partial charge < -0.3 is 4.57 Å². The molecule has 0 N–H and O–H groups in total. The molecule has 0 atom stereocenters. The minimum absolute atomic E-state index is 0.436. The molecule has 0 bridgehead atoms. The molecule has 1 heterocycles. The number of nitrogens with zero attached hydrogens (tertiary/aromatic N) is 2. The summed E-state index contributed by atoms with van der Waals surface area (Å²) < 4.78 is 3.27. The molecule has 0 amide bonds. The van der Waals surface area contributed by atoms with Crippen LogP contribution in [0.1, 0.15) is 19.9 Å². The Morgan fingerprint density at radius 2 is 1.87 bits per heavy atom. The first kappa shape index (κ1) is 10.4. The van der Waals surface area contributed by atoms with Gasteiger partial charge in [0.25, 0.3) is 0 Å². The lowest BCUT2D eigenvalue weighted by Crippen LogP contribution is -2.00. The van der Waals surface area contributed by atoms with Gasteiger partial charge in [-0.1, -0.05) is 28.1 Å². The summed E-state index contributed by atoms with van der Waals surface area (Å²) in [6.45, 7) is 4.31. The fraction of sp³-hybridized carbons (Fsp3) is 0.250. The average Bonchev–Trinajstić information content (AvgIpc) is 2.67. The Balaban J connectivity index is 2.45. The molecule has 3 heteroatoms. The molecular formula is C12H13BrN2. The lowest BCUT2D eigenvalue weighted by Gasteiger charge is -2.11. The molecule has 78 valence electrons. The maximum atomic E-state index is 4.19. The minimum atomic E-state index is 0.436. The van der Waals surface area contributed by atoms with E-state index < -0.39 is 0 Å². The second-order valence-corrected chi connectivity index (χ2v) is 4.70. The zero-order chi connectivity index (χ0) is 10.8. The smallest absolute Gasteiger partial charge is 0.0953 e. The summed E-state index contributed by atoms with van der Waals surface area (Å²) in [6.07, 6.45) is 3.78. The van der Waals surface area contributed by atoms with E-state index in [0.29, 0.717) is 6.04 Å². The highest BCUT2D eigenvalue weighted by Gasteiger charge is 2.06. The van der Waals surface area contributed by atoms with Gasteiger partial charge in [0.15, 0.2) is 0 Å². The molecule has 0 fully saturated rings. The maximum absolute atomic E-state index is 4.19. The van der Waals surface area contributed by atoms with Gasteiger partial charge in [-0.25, -0.2) is 4.98 Å². The van der Waals surface area contributed by atoms with Crippen molar-refractivity contribution in [2.75, 3.05) is 0 Å². The van der Waals surface area contributed by atoms with Gasteiger partial charge in [0.2, 0.25) is 0 Å². The molecular weight excluding hydrogens is 252 g/mol. The molecule has 2 aromatic rings. The van der Waals surface area contributed by atoms with Crippen LogP contribution in [0, 0.1) is 0 Å². The topological polar surface area (TPSA) is 17.8 Å². The van der Waals surface area contributed by atoms with Crippen molar-refractivity contribution in [3.05, 3.63) is 41.3 Å². The van der Waals surface area contributed by atoms with Crippen LogP contribution in [0.4, 0.5) is 0 Å². The summed E-state index contributed by atoms with van der Waals surface area (Å²) in [5, 5.41) is 0. The number of halogens is 1. The highest BCUT2D eigenvalue weighted by atomic mass is 79.9. The Kier molecular flexibility index (Phi) is 2.91. The van der Waals surface area contributed by atoms with Crippen LogP contribution >= 0.6 is 15.9 Å². The fourth-order valence-corrected chi connectivity index (χ4v) is 1.82. The SMILES string of the molecule is CC(C)n1cncc1-c1ccc(Br)cc1. The molecule has 0 aliphatic carbocycles. The Morgan fingerprint density at radius 3 is 2.47 bits per heavy atom. The summed E-state index contributed by atoms with van der Waals surface area (Å²) in [5.74, 6) is 0. The van der Waals surface area contributed by atoms with E-state index in [1.807, 2.05) is 24.7 Å². The summed E-state index contributed by atoms with van der Waals surface area (Å²) in [5.41, 5.74) is 2.36. The molecule has 0 spiro atoms. The molecule has 15 heavy (non-hydrogen) atoms. The van der Waals surface area contributed by atoms with Crippen molar-refractivity contribution in [1.29, 1.82) is 0 Å². The maximum Gasteiger partial charge on any atom is 0.0953 e. The Morgan fingerprint density at radius 1 is 1.20 bits per heavy atom. The van der Waals surface area contributed by atoms with Crippen LogP contribution in [-0.2, 0) is 0 Å². The molecule has 0 radical (unpaired) electrons. The van der Waals surface area contributed by atoms with Crippen molar-refractivity contribution in [1.82, 2.24) is 9.55 Å². The van der Waals surface area contributed by atoms with Crippen LogP contribution in [0.5, 0.6) is 0 Å². The summed E-state index contributed by atoms with van der Waals surface area (Å²) in [4.78, 5) is 4.19. The van der Waals surface area contributed by atoms with E-state index in [9.17, 15) is 0 Å². The van der Waals surface area contributed by atoms with E-state index in [0.717, 1.165) is 10.2 Å². The normalized spacial score (nSPS) is 10.9. The molecule has 0 aliphatic heterocycles. The monoisotopic (exact) mass is 264 g/mol. The van der Waals surface area contributed by atoms with Crippen LogP contribution in [-0.4, -0.2) is 9.55 Å². The summed E-state index contributed by atoms with van der Waals surface area (Å²) in [6, 6.07) is 8.73. The largest absolute Gasteiger partial charge is 0.328 e. The third-order valence-electron chi connectivity index (χ3n) is 2.36. The van der Waals surface area contributed by atoms with E-state index in [4.69, 9.17) is 0 Å². The van der Waals surface area contributed by atoms with Crippen molar-refractivity contribution >= 4 is 15.9 Å². The summed E-state index contributed by atoms with van der Waals surface area (Å²) in [7, 11) is 0. The van der Waals surface area contributed by atoms with Gasteiger partial charge in [-0.3, -0.25) is 0 Å². The van der Waals surface area contributed by atoms with Crippen LogP contribution < -0.4 is 0 Å². The number of hydrogen-bond donors (Lipinski definition) is 0. The van der Waals surface area contributed by atoms with Crippen LogP contribution in [0.15, 0.2) is 41.3 Å². The first-order chi connectivity index (χ1) is 7.18. The van der Waals surface area contributed by atoms with Gasteiger partial charge in [0, 0.05) is 10.5 Å². The lowest BCUT2D eigenvalue weighted by molar-refractivity contribution is 0.605. The van der Waals surface area contributed by atoms with Crippen LogP contribution in [0.2, 0.25) is 0 Å². The molecule has 2 nitrogen and oxygen atoms in total. The predicted molar refractivity (Wildman–Crippen MR) is 65.7 cm³/mol. The second kappa shape index (κ2) is 4.19. The molecule has 0 saturated carbocycles. The minimum Gasteiger partial charge on any atom is -0.328 e. The predicted octanol–water partition coefficient (Wildman–Crippen LogP) is 3.89. The van der Waals surface area contributed by atoms with E-state index in [2.05, 4.69) is 51.5 Å². The van der Waals surface area contributed by atoms with E-state index in [1.54, 1.807) is 0 Å². The van der Waals surface area contributed by atoms with Gasteiger partial charge in [0.05, 0.1) is 18.2 Å². The first-order valence-corrected chi connectivity index (χ1v) is 5.75. The van der Waals surface area contributed by atoms with Crippen molar-refractivity contribution in [3.63, 3.8) is 0 Å². The number of hydrogen-bond acceptors (Lipinski definition) is 1. The Labute approximate surface area is 98.1 Å². The quantitative estimate of drug-likeness (QED) is 0.805. The molecule has 1 aromatic heterocycles. The van der Waals surface area contributed by atoms with Gasteiger partial charge >= 0.3 is 0 Å². The first-order valence-electron chi connectivity index (χ1n) is 4.96. The van der Waals surface area contributed by atoms with Gasteiger partial charge in [0.1, 0.15) is 0 Å². The zero-order valence-corrected chi connectivity index (χ0v) is 10.4. The van der Waals surface area contributed by atoms with E-state index in [1.165, 1.54) is 5.56 Å². The van der Waals surface area contributed by atoms with E-state index >= 15 is 0 Å². The molecule has 0 unspecified atom stereocenters. The summed E-state index contributed by atoms with van der Waals surface area (Å²) >= 11 is 3.43. The van der Waals surface area contributed by atoms with Crippen molar-refractivity contribution in [3.8, 4) is 11.3 Å². The Bertz CT molecular complexity index is 443. The number of aromatic nitrogens is 2. The fourth-order valence-electron chi connectivity index (χ4n) is 1.56. The standard InChI is InChI=1S/C12H13BrN2/c1-9(2)15-8-14-7-12(15)10-3-5-11(13)6-4-10/h3-9H,1-2H3. The molecule has 2 rings (SSSR count). The van der Waals surface area contributed by atoms with Gasteiger partial charge in [-0.2, -0.15) is 0 Å². The molecule has 1 aromatic carbocycles. The van der Waals surface area contributed by atoms with Crippen molar-refractivity contribution in [2.45, 2.75) is 19.9 Å². The lowest BCUT2D eigenvalue weighted by atomic mass is 10.1. The molecule has 0 aliphatic rings. The van der Waals surface area contributed by atoms with Crippen LogP contribution in [0.25, 0.3) is 11.3 Å². The number of imidazole rings is 1. The number of benzene rings is 1. The van der Waals surface area contributed by atoms with Crippen molar-refractivity contribution < 1.29 is 0 Å². The van der Waals surface area contributed by atoms with Crippen molar-refractivity contribution in [2.24, 2.45) is 0 Å². The van der Waals surface area contributed by atoms with Gasteiger partial charge in [-0.15, -0.1) is 0 Å². The third-order valence-corrected chi connectivity index (χ3v) is 2.89. The number of rotatable bonds is 2. The van der Waals surface area contributed by atoms with Gasteiger partial charge in [-0.05, 0) is 31.5 Å².